The third-order valence-corrected chi connectivity index (χ3v) is 6.49. The molecule has 0 saturated heterocycles. The number of aromatic nitrogens is 1. The van der Waals surface area contributed by atoms with Gasteiger partial charge in [0, 0.05) is 20.0 Å². The largest absolute Gasteiger partial charge is 0.341 e. The Bertz CT molecular complexity index is 1430. The van der Waals surface area contributed by atoms with Crippen molar-refractivity contribution in [1.82, 2.24) is 9.99 Å². The summed E-state index contributed by atoms with van der Waals surface area (Å²) in [6.07, 6.45) is 0. The van der Waals surface area contributed by atoms with Crippen molar-refractivity contribution in [2.75, 3.05) is 10.7 Å². The van der Waals surface area contributed by atoms with Crippen LogP contribution in [0.1, 0.15) is 34.6 Å². The zero-order valence-electron chi connectivity index (χ0n) is 18.9. The molecule has 7 nitrogen and oxygen atoms in total. The number of aryl methyl sites for hydroxylation is 1. The van der Waals surface area contributed by atoms with Crippen molar-refractivity contribution < 1.29 is 14.4 Å². The lowest BCUT2D eigenvalue weighted by atomic mass is 10.1. The number of nitrogens with zero attached hydrogens (tertiary/aromatic N) is 1. The lowest BCUT2D eigenvalue weighted by molar-refractivity contribution is -0.137. The van der Waals surface area contributed by atoms with Crippen LogP contribution in [0.4, 0.5) is 5.69 Å². The topological polar surface area (TPSA) is 92.2 Å². The van der Waals surface area contributed by atoms with Crippen LogP contribution < -0.4 is 16.1 Å². The van der Waals surface area contributed by atoms with Crippen LogP contribution in [-0.2, 0) is 9.59 Å². The number of anilines is 1. The van der Waals surface area contributed by atoms with Gasteiger partial charge in [-0.05, 0) is 67.4 Å². The van der Waals surface area contributed by atoms with Gasteiger partial charge in [0.1, 0.15) is 5.69 Å². The second-order valence-corrected chi connectivity index (χ2v) is 9.86. The Morgan fingerprint density at radius 2 is 1.54 bits per heavy atom. The Labute approximate surface area is 219 Å². The first kappa shape index (κ1) is 24.7. The van der Waals surface area contributed by atoms with Crippen molar-refractivity contribution in [3.8, 4) is 0 Å². The molecule has 0 saturated carbocycles. The van der Waals surface area contributed by atoms with E-state index in [4.69, 9.17) is 0 Å². The average Bonchev–Trinajstić information content (AvgIpc) is 3.18. The molecule has 0 aliphatic carbocycles. The Kier molecular flexibility index (Phi) is 7.37. The van der Waals surface area contributed by atoms with Crippen LogP contribution in [0.2, 0.25) is 0 Å². The summed E-state index contributed by atoms with van der Waals surface area (Å²) in [5.41, 5.74) is 5.71. The number of nitrogens with one attached hydrogen (secondary N) is 3. The van der Waals surface area contributed by atoms with Crippen LogP contribution in [0, 0.1) is 6.92 Å². The molecule has 4 aromatic rings. The third kappa shape index (κ3) is 5.63. The first-order valence-corrected chi connectivity index (χ1v) is 12.4. The summed E-state index contributed by atoms with van der Waals surface area (Å²) in [5, 5.41) is 6.29. The molecule has 1 heterocycles. The molecule has 0 unspecified atom stereocenters. The molecule has 4 rings (SSSR count). The summed E-state index contributed by atoms with van der Waals surface area (Å²) < 4.78 is 3.05. The number of benzene rings is 3. The van der Waals surface area contributed by atoms with Crippen molar-refractivity contribution in [2.45, 2.75) is 19.9 Å². The second kappa shape index (κ2) is 10.5. The lowest BCUT2D eigenvalue weighted by Gasteiger charge is -2.16. The van der Waals surface area contributed by atoms with E-state index >= 15 is 0 Å². The molecule has 1 aromatic heterocycles. The Balaban J connectivity index is 1.60. The van der Waals surface area contributed by atoms with Crippen molar-refractivity contribution >= 4 is 66.2 Å². The molecule has 9 heteroatoms. The summed E-state index contributed by atoms with van der Waals surface area (Å²) in [7, 11) is 0. The molecule has 3 N–H and O–H groups in total. The van der Waals surface area contributed by atoms with Crippen molar-refractivity contribution in [1.29, 1.82) is 0 Å². The number of halogens is 2. The fourth-order valence-electron chi connectivity index (χ4n) is 3.67. The van der Waals surface area contributed by atoms with Gasteiger partial charge >= 0.3 is 11.8 Å². The summed E-state index contributed by atoms with van der Waals surface area (Å²) in [4.78, 5) is 38.7. The van der Waals surface area contributed by atoms with Gasteiger partial charge in [0.15, 0.2) is 0 Å². The molecule has 3 aromatic carbocycles. The van der Waals surface area contributed by atoms with Gasteiger partial charge in [-0.15, -0.1) is 0 Å². The highest BCUT2D eigenvalue weighted by molar-refractivity contribution is 9.10. The van der Waals surface area contributed by atoms with Gasteiger partial charge in [-0.2, -0.15) is 0 Å². The monoisotopic (exact) mass is 596 g/mol. The average molecular weight is 598 g/mol. The molecule has 0 spiro atoms. The molecule has 3 amide bonds. The predicted molar refractivity (Wildman–Crippen MR) is 144 cm³/mol. The fraction of sp³-hybridized carbons (Fsp3) is 0.115. The maximum absolute atomic E-state index is 13.2. The first-order chi connectivity index (χ1) is 16.7. The highest BCUT2D eigenvalue weighted by Gasteiger charge is 2.22. The Morgan fingerprint density at radius 1 is 0.857 bits per heavy atom. The normalized spacial score (nSPS) is 11.7. The number of hydrogen-bond donors (Lipinski definition) is 3. The molecular formula is C26H22Br2N4O3. The lowest BCUT2D eigenvalue weighted by Crippen LogP contribution is -2.40. The molecule has 1 atom stereocenters. The number of fused-ring (bicyclic) bond motifs is 1. The van der Waals surface area contributed by atoms with Gasteiger partial charge in [0.25, 0.3) is 5.91 Å². The number of amides is 3. The van der Waals surface area contributed by atoms with Crippen LogP contribution >= 0.6 is 31.9 Å². The van der Waals surface area contributed by atoms with Crippen LogP contribution in [-0.4, -0.2) is 22.4 Å². The minimum absolute atomic E-state index is 0.178. The maximum Gasteiger partial charge on any atom is 0.328 e. The molecule has 35 heavy (non-hydrogen) atoms. The third-order valence-electron chi connectivity index (χ3n) is 5.50. The number of hydrogen-bond acceptors (Lipinski definition) is 3. The SMILES string of the molecule is Cc1cc(Br)ccc1NC(=O)c1cc2cc(Br)ccc2n1NC(=O)C(=O)N[C@@H](C)c1ccccc1. The quantitative estimate of drug-likeness (QED) is 0.259. The summed E-state index contributed by atoms with van der Waals surface area (Å²) in [6, 6.07) is 21.5. The van der Waals surface area contributed by atoms with Crippen molar-refractivity contribution in [2.24, 2.45) is 0 Å². The molecule has 0 fully saturated rings. The fourth-order valence-corrected chi connectivity index (χ4v) is 4.52. The standard InChI is InChI=1S/C26H22Br2N4O3/c1-15-12-19(27)8-10-21(15)30-24(33)23-14-18-13-20(28)9-11-22(18)32(23)31-26(35)25(34)29-16(2)17-6-4-3-5-7-17/h3-14,16H,1-2H3,(H,29,34)(H,30,33)(H,31,35)/t16-/m0/s1. The minimum atomic E-state index is -0.887. The van der Waals surface area contributed by atoms with E-state index in [0.29, 0.717) is 11.2 Å². The van der Waals surface area contributed by atoms with Crippen LogP contribution in [0.25, 0.3) is 10.9 Å². The first-order valence-electron chi connectivity index (χ1n) is 10.8. The van der Waals surface area contributed by atoms with Crippen LogP contribution in [0.5, 0.6) is 0 Å². The van der Waals surface area contributed by atoms with Crippen LogP contribution in [0.15, 0.2) is 81.7 Å². The van der Waals surface area contributed by atoms with E-state index in [1.807, 2.05) is 55.5 Å². The van der Waals surface area contributed by atoms with Crippen molar-refractivity contribution in [3.63, 3.8) is 0 Å². The summed E-state index contributed by atoms with van der Waals surface area (Å²) in [6.45, 7) is 3.68. The predicted octanol–water partition coefficient (Wildman–Crippen LogP) is 5.67. The Morgan fingerprint density at radius 3 is 2.26 bits per heavy atom. The highest BCUT2D eigenvalue weighted by atomic mass is 79.9. The van der Waals surface area contributed by atoms with Gasteiger partial charge < -0.3 is 10.6 Å². The number of rotatable bonds is 5. The van der Waals surface area contributed by atoms with Crippen LogP contribution in [0.3, 0.4) is 0 Å². The van der Waals surface area contributed by atoms with Gasteiger partial charge in [-0.25, -0.2) is 4.68 Å². The zero-order chi connectivity index (χ0) is 25.1. The van der Waals surface area contributed by atoms with Gasteiger partial charge in [-0.1, -0.05) is 62.2 Å². The summed E-state index contributed by atoms with van der Waals surface area (Å²) in [5.74, 6) is -2.13. The molecule has 0 radical (unpaired) electrons. The van der Waals surface area contributed by atoms with E-state index in [2.05, 4.69) is 47.9 Å². The number of carbonyl (C=O) groups excluding carboxylic acids is 3. The van der Waals surface area contributed by atoms with E-state index in [1.54, 1.807) is 31.2 Å². The van der Waals surface area contributed by atoms with E-state index in [1.165, 1.54) is 4.68 Å². The molecule has 178 valence electrons. The number of carbonyl (C=O) groups is 3. The van der Waals surface area contributed by atoms with Gasteiger partial charge in [0.05, 0.1) is 11.6 Å². The molecule has 0 aliphatic heterocycles. The molecular weight excluding hydrogens is 576 g/mol. The maximum atomic E-state index is 13.2. The Hall–Kier alpha value is -3.43. The zero-order valence-corrected chi connectivity index (χ0v) is 22.1. The highest BCUT2D eigenvalue weighted by Crippen LogP contribution is 2.25. The van der Waals surface area contributed by atoms with Gasteiger partial charge in [-0.3, -0.25) is 19.8 Å². The molecule has 0 bridgehead atoms. The van der Waals surface area contributed by atoms with Gasteiger partial charge in [0.2, 0.25) is 0 Å². The smallest absolute Gasteiger partial charge is 0.328 e. The summed E-state index contributed by atoms with van der Waals surface area (Å²) >= 11 is 6.85. The van der Waals surface area contributed by atoms with E-state index in [0.717, 1.165) is 25.5 Å². The molecule has 0 aliphatic rings. The van der Waals surface area contributed by atoms with E-state index in [-0.39, 0.29) is 11.7 Å². The van der Waals surface area contributed by atoms with E-state index in [9.17, 15) is 14.4 Å². The minimum Gasteiger partial charge on any atom is -0.341 e. The second-order valence-electron chi connectivity index (χ2n) is 8.03. The van der Waals surface area contributed by atoms with Crippen molar-refractivity contribution in [3.05, 3.63) is 98.6 Å². The van der Waals surface area contributed by atoms with E-state index < -0.39 is 17.7 Å².